The molecule has 1 atom stereocenters. The number of nitro benzene ring substituents is 1. The molecule has 2 N–H and O–H groups in total. The van der Waals surface area contributed by atoms with E-state index in [1.165, 1.54) is 6.07 Å². The summed E-state index contributed by atoms with van der Waals surface area (Å²) in [4.78, 5) is 9.75. The monoisotopic (exact) mass is 272 g/mol. The Hall–Kier alpha value is -0.980. The number of nitro groups is 1. The highest BCUT2D eigenvalue weighted by Crippen LogP contribution is 2.29. The molecule has 0 fully saturated rings. The van der Waals surface area contributed by atoms with Gasteiger partial charge in [0.2, 0.25) is 0 Å². The summed E-state index contributed by atoms with van der Waals surface area (Å²) in [6.45, 7) is 0. The first kappa shape index (κ1) is 15.0. The number of nitrogens with zero attached hydrogens (tertiary/aromatic N) is 1. The van der Waals surface area contributed by atoms with Crippen LogP contribution in [0.4, 0.5) is 14.5 Å². The molecule has 0 amide bonds. The molecule has 0 aliphatic carbocycles. The molecule has 0 spiro atoms. The van der Waals surface area contributed by atoms with Crippen molar-refractivity contribution in [3.63, 3.8) is 0 Å². The van der Waals surface area contributed by atoms with E-state index in [4.69, 9.17) is 17.3 Å². The van der Waals surface area contributed by atoms with E-state index in [0.29, 0.717) is 0 Å². The SMILES string of the molecule is Cl.N[C@H](c1cc(Cl)ccc1[N+](=O)[O-])C(F)F. The number of halogens is 4. The molecule has 0 aromatic heterocycles. The lowest BCUT2D eigenvalue weighted by Crippen LogP contribution is -2.20. The van der Waals surface area contributed by atoms with E-state index < -0.39 is 23.1 Å². The Bertz CT molecular complexity index is 390. The fraction of sp³-hybridized carbons (Fsp3) is 0.250. The molecular weight excluding hydrogens is 265 g/mol. The van der Waals surface area contributed by atoms with Crippen LogP contribution in [-0.4, -0.2) is 11.3 Å². The molecule has 0 radical (unpaired) electrons. The van der Waals surface area contributed by atoms with Gasteiger partial charge in [0.1, 0.15) is 0 Å². The molecule has 0 aliphatic heterocycles. The number of nitrogens with two attached hydrogens (primary N) is 1. The maximum Gasteiger partial charge on any atom is 0.274 e. The van der Waals surface area contributed by atoms with E-state index in [-0.39, 0.29) is 23.0 Å². The molecule has 1 aromatic rings. The lowest BCUT2D eigenvalue weighted by atomic mass is 10.1. The standard InChI is InChI=1S/C8H7ClF2N2O2.ClH/c9-4-1-2-6(13(14)15)5(3-4)7(12)8(10)11;/h1-3,7-8H,12H2;1H/t7-;/m1./s1. The van der Waals surface area contributed by atoms with Crippen LogP contribution >= 0.6 is 24.0 Å². The Morgan fingerprint density at radius 1 is 1.44 bits per heavy atom. The maximum absolute atomic E-state index is 12.3. The van der Waals surface area contributed by atoms with Gasteiger partial charge in [0, 0.05) is 11.1 Å². The summed E-state index contributed by atoms with van der Waals surface area (Å²) in [6.07, 6.45) is -2.87. The van der Waals surface area contributed by atoms with Gasteiger partial charge in [0.15, 0.2) is 0 Å². The molecule has 1 rings (SSSR count). The first-order valence-corrected chi connectivity index (χ1v) is 4.29. The van der Waals surface area contributed by atoms with Crippen LogP contribution < -0.4 is 5.73 Å². The molecule has 90 valence electrons. The minimum absolute atomic E-state index is 0. The van der Waals surface area contributed by atoms with Crippen molar-refractivity contribution in [3.8, 4) is 0 Å². The van der Waals surface area contributed by atoms with Crippen molar-refractivity contribution < 1.29 is 13.7 Å². The molecule has 4 nitrogen and oxygen atoms in total. The summed E-state index contributed by atoms with van der Waals surface area (Å²) < 4.78 is 24.6. The first-order chi connectivity index (χ1) is 6.93. The van der Waals surface area contributed by atoms with Gasteiger partial charge in [-0.3, -0.25) is 10.1 Å². The van der Waals surface area contributed by atoms with Crippen LogP contribution in [0, 0.1) is 10.1 Å². The molecule has 0 unspecified atom stereocenters. The van der Waals surface area contributed by atoms with Crippen LogP contribution in [0.5, 0.6) is 0 Å². The quantitative estimate of drug-likeness (QED) is 0.680. The van der Waals surface area contributed by atoms with Crippen molar-refractivity contribution in [2.75, 3.05) is 0 Å². The third-order valence-corrected chi connectivity index (χ3v) is 2.05. The largest absolute Gasteiger partial charge is 0.319 e. The minimum atomic E-state index is -2.87. The Morgan fingerprint density at radius 3 is 2.44 bits per heavy atom. The van der Waals surface area contributed by atoms with Crippen LogP contribution in [0.1, 0.15) is 11.6 Å². The normalized spacial score (nSPS) is 12.1. The van der Waals surface area contributed by atoms with Crippen molar-refractivity contribution in [3.05, 3.63) is 38.9 Å². The van der Waals surface area contributed by atoms with Gasteiger partial charge < -0.3 is 5.73 Å². The fourth-order valence-electron chi connectivity index (χ4n) is 1.09. The third kappa shape index (κ3) is 3.26. The summed E-state index contributed by atoms with van der Waals surface area (Å²) in [5, 5.41) is 10.7. The van der Waals surface area contributed by atoms with Crippen molar-refractivity contribution in [2.45, 2.75) is 12.5 Å². The molecule has 8 heteroatoms. The van der Waals surface area contributed by atoms with Gasteiger partial charge in [-0.05, 0) is 12.1 Å². The summed E-state index contributed by atoms with van der Waals surface area (Å²) in [6, 6.07) is 1.68. The summed E-state index contributed by atoms with van der Waals surface area (Å²) >= 11 is 5.55. The second kappa shape index (κ2) is 5.93. The predicted octanol–water partition coefficient (Wildman–Crippen LogP) is 2.93. The zero-order chi connectivity index (χ0) is 11.6. The van der Waals surface area contributed by atoms with Gasteiger partial charge in [-0.25, -0.2) is 8.78 Å². The van der Waals surface area contributed by atoms with E-state index in [9.17, 15) is 18.9 Å². The van der Waals surface area contributed by atoms with Crippen LogP contribution in [0.15, 0.2) is 18.2 Å². The smallest absolute Gasteiger partial charge is 0.274 e. The van der Waals surface area contributed by atoms with Crippen LogP contribution in [0.25, 0.3) is 0 Å². The Labute approximate surface area is 101 Å². The van der Waals surface area contributed by atoms with E-state index in [0.717, 1.165) is 12.1 Å². The van der Waals surface area contributed by atoms with Gasteiger partial charge in [0.25, 0.3) is 12.1 Å². The minimum Gasteiger partial charge on any atom is -0.319 e. The molecule has 0 saturated carbocycles. The second-order valence-corrected chi connectivity index (χ2v) is 3.26. The zero-order valence-corrected chi connectivity index (χ0v) is 9.34. The Morgan fingerprint density at radius 2 is 2.00 bits per heavy atom. The number of benzene rings is 1. The van der Waals surface area contributed by atoms with Gasteiger partial charge in [-0.1, -0.05) is 11.6 Å². The molecule has 16 heavy (non-hydrogen) atoms. The van der Waals surface area contributed by atoms with Gasteiger partial charge >= 0.3 is 0 Å². The van der Waals surface area contributed by atoms with E-state index in [1.54, 1.807) is 0 Å². The van der Waals surface area contributed by atoms with E-state index >= 15 is 0 Å². The number of alkyl halides is 2. The average Bonchev–Trinajstić information content (AvgIpc) is 2.15. The molecule has 0 bridgehead atoms. The lowest BCUT2D eigenvalue weighted by molar-refractivity contribution is -0.385. The van der Waals surface area contributed by atoms with Crippen LogP contribution in [0.3, 0.4) is 0 Å². The summed E-state index contributed by atoms with van der Waals surface area (Å²) in [7, 11) is 0. The lowest BCUT2D eigenvalue weighted by Gasteiger charge is -2.11. The highest BCUT2D eigenvalue weighted by Gasteiger charge is 2.26. The molecule has 0 aliphatic rings. The van der Waals surface area contributed by atoms with Crippen LogP contribution in [-0.2, 0) is 0 Å². The average molecular weight is 273 g/mol. The van der Waals surface area contributed by atoms with Crippen molar-refractivity contribution >= 4 is 29.7 Å². The predicted molar refractivity (Wildman–Crippen MR) is 58.3 cm³/mol. The van der Waals surface area contributed by atoms with Gasteiger partial charge in [-0.15, -0.1) is 12.4 Å². The molecule has 0 saturated heterocycles. The van der Waals surface area contributed by atoms with Crippen LogP contribution in [0.2, 0.25) is 5.02 Å². The van der Waals surface area contributed by atoms with Gasteiger partial charge in [-0.2, -0.15) is 0 Å². The van der Waals surface area contributed by atoms with E-state index in [1.807, 2.05) is 0 Å². The highest BCUT2D eigenvalue weighted by atomic mass is 35.5. The summed E-state index contributed by atoms with van der Waals surface area (Å²) in [5.41, 5.74) is 4.42. The highest BCUT2D eigenvalue weighted by molar-refractivity contribution is 6.30. The van der Waals surface area contributed by atoms with Crippen molar-refractivity contribution in [2.24, 2.45) is 5.73 Å². The summed E-state index contributed by atoms with van der Waals surface area (Å²) in [5.74, 6) is 0. The Balaban J connectivity index is 0.00000225. The molecule has 1 aromatic carbocycles. The van der Waals surface area contributed by atoms with E-state index in [2.05, 4.69) is 0 Å². The maximum atomic E-state index is 12.3. The molecular formula is C8H8Cl2F2N2O2. The fourth-order valence-corrected chi connectivity index (χ4v) is 1.27. The zero-order valence-electron chi connectivity index (χ0n) is 7.77. The second-order valence-electron chi connectivity index (χ2n) is 2.82. The molecule has 0 heterocycles. The van der Waals surface area contributed by atoms with Gasteiger partial charge in [0.05, 0.1) is 16.5 Å². The number of hydrogen-bond acceptors (Lipinski definition) is 3. The topological polar surface area (TPSA) is 69.2 Å². The van der Waals surface area contributed by atoms with Crippen molar-refractivity contribution in [1.82, 2.24) is 0 Å². The number of rotatable bonds is 3. The third-order valence-electron chi connectivity index (χ3n) is 1.82. The first-order valence-electron chi connectivity index (χ1n) is 3.91. The number of hydrogen-bond donors (Lipinski definition) is 1. The van der Waals surface area contributed by atoms with Crippen molar-refractivity contribution in [1.29, 1.82) is 0 Å². The Kier molecular flexibility index (Phi) is 5.57.